The van der Waals surface area contributed by atoms with Gasteiger partial charge in [0.2, 0.25) is 0 Å². The highest BCUT2D eigenvalue weighted by Crippen LogP contribution is 2.20. The van der Waals surface area contributed by atoms with Crippen LogP contribution in [0.3, 0.4) is 0 Å². The Labute approximate surface area is 123 Å². The van der Waals surface area contributed by atoms with Crippen LogP contribution in [0.15, 0.2) is 35.5 Å². The van der Waals surface area contributed by atoms with Crippen LogP contribution >= 0.6 is 11.8 Å². The van der Waals surface area contributed by atoms with E-state index in [1.807, 2.05) is 38.3 Å². The van der Waals surface area contributed by atoms with Crippen LogP contribution in [0.25, 0.3) is 0 Å². The monoisotopic (exact) mass is 289 g/mol. The first-order valence-corrected chi connectivity index (χ1v) is 7.83. The lowest BCUT2D eigenvalue weighted by Crippen LogP contribution is -2.29. The maximum Gasteiger partial charge on any atom is 0.252 e. The number of aromatic nitrogens is 2. The van der Waals surface area contributed by atoms with Gasteiger partial charge in [0.05, 0.1) is 6.04 Å². The summed E-state index contributed by atoms with van der Waals surface area (Å²) in [5.74, 6) is 0.737. The molecule has 0 spiro atoms. The van der Waals surface area contributed by atoms with Crippen LogP contribution in [0.5, 0.6) is 0 Å². The minimum Gasteiger partial charge on any atom is -0.347 e. The molecule has 0 unspecified atom stereocenters. The Hall–Kier alpha value is -1.75. The fourth-order valence-electron chi connectivity index (χ4n) is 2.04. The van der Waals surface area contributed by atoms with Gasteiger partial charge in [-0.3, -0.25) is 4.79 Å². The van der Waals surface area contributed by atoms with Crippen molar-refractivity contribution in [2.45, 2.75) is 31.2 Å². The maximum absolute atomic E-state index is 12.4. The normalized spacial score (nSPS) is 12.2. The van der Waals surface area contributed by atoms with Gasteiger partial charge in [0, 0.05) is 22.9 Å². The topological polar surface area (TPSA) is 57.8 Å². The summed E-state index contributed by atoms with van der Waals surface area (Å²) in [6.45, 7) is 3.98. The Morgan fingerprint density at radius 3 is 2.90 bits per heavy atom. The molecule has 0 radical (unpaired) electrons. The van der Waals surface area contributed by atoms with Crippen molar-refractivity contribution < 1.29 is 4.79 Å². The smallest absolute Gasteiger partial charge is 0.252 e. The predicted molar refractivity (Wildman–Crippen MR) is 82.0 cm³/mol. The summed E-state index contributed by atoms with van der Waals surface area (Å²) in [5.41, 5.74) is 1.71. The minimum atomic E-state index is -0.0881. The summed E-state index contributed by atoms with van der Waals surface area (Å²) in [6.07, 6.45) is 6.26. The number of carbonyl (C=O) groups is 1. The number of hydrogen-bond acceptors (Lipinski definition) is 3. The van der Waals surface area contributed by atoms with Crippen molar-refractivity contribution in [1.82, 2.24) is 15.3 Å². The Kier molecular flexibility index (Phi) is 4.84. The van der Waals surface area contributed by atoms with Gasteiger partial charge < -0.3 is 10.3 Å². The number of nitrogens with zero attached hydrogens (tertiary/aromatic N) is 1. The number of rotatable bonds is 5. The molecule has 106 valence electrons. The molecule has 1 atom stereocenters. The molecule has 0 fully saturated rings. The van der Waals surface area contributed by atoms with Crippen molar-refractivity contribution >= 4 is 17.7 Å². The lowest BCUT2D eigenvalue weighted by atomic mass is 10.1. The Bertz CT molecular complexity index is 581. The zero-order valence-electron chi connectivity index (χ0n) is 11.9. The van der Waals surface area contributed by atoms with Gasteiger partial charge in [-0.05, 0) is 37.3 Å². The second-order valence-corrected chi connectivity index (χ2v) is 5.47. The van der Waals surface area contributed by atoms with Crippen molar-refractivity contribution in [1.29, 1.82) is 0 Å². The first-order valence-electron chi connectivity index (χ1n) is 6.60. The third-order valence-electron chi connectivity index (χ3n) is 3.25. The van der Waals surface area contributed by atoms with Crippen molar-refractivity contribution in [2.75, 3.05) is 6.26 Å². The number of imidazole rings is 1. The third-order valence-corrected chi connectivity index (χ3v) is 3.98. The SMILES string of the molecule is CC[C@@H](NC(=O)c1cc(SC)ccc1C)c1ncc[nH]1. The average Bonchev–Trinajstić information content (AvgIpc) is 2.99. The number of H-pyrrole nitrogens is 1. The molecule has 1 heterocycles. The molecule has 0 aliphatic carbocycles. The highest BCUT2D eigenvalue weighted by atomic mass is 32.2. The summed E-state index contributed by atoms with van der Waals surface area (Å²) < 4.78 is 0. The molecule has 4 nitrogen and oxygen atoms in total. The fourth-order valence-corrected chi connectivity index (χ4v) is 2.48. The summed E-state index contributed by atoms with van der Waals surface area (Å²) >= 11 is 1.63. The second-order valence-electron chi connectivity index (χ2n) is 4.59. The summed E-state index contributed by atoms with van der Waals surface area (Å²) in [6, 6.07) is 5.86. The van der Waals surface area contributed by atoms with Gasteiger partial charge in [0.15, 0.2) is 0 Å². The van der Waals surface area contributed by atoms with Crippen LogP contribution in [0.1, 0.15) is 41.1 Å². The second kappa shape index (κ2) is 6.61. The molecule has 5 heteroatoms. The van der Waals surface area contributed by atoms with Crippen LogP contribution in [0.2, 0.25) is 0 Å². The fraction of sp³-hybridized carbons (Fsp3) is 0.333. The Balaban J connectivity index is 2.19. The van der Waals surface area contributed by atoms with E-state index in [1.165, 1.54) is 0 Å². The molecular formula is C15H19N3OS. The molecule has 0 bridgehead atoms. The van der Waals surface area contributed by atoms with Crippen molar-refractivity contribution in [2.24, 2.45) is 0 Å². The summed E-state index contributed by atoms with van der Waals surface area (Å²) in [5, 5.41) is 3.04. The number of benzene rings is 1. The molecule has 0 saturated heterocycles. The number of nitrogens with one attached hydrogen (secondary N) is 2. The maximum atomic E-state index is 12.4. The zero-order chi connectivity index (χ0) is 14.5. The van der Waals surface area contributed by atoms with Crippen LogP contribution in [0, 0.1) is 6.92 Å². The molecule has 0 saturated carbocycles. The van der Waals surface area contributed by atoms with Gasteiger partial charge in [-0.25, -0.2) is 4.98 Å². The van der Waals surface area contributed by atoms with E-state index in [-0.39, 0.29) is 11.9 Å². The first kappa shape index (κ1) is 14.7. The Morgan fingerprint density at radius 2 is 2.30 bits per heavy atom. The van der Waals surface area contributed by atoms with Gasteiger partial charge in [-0.1, -0.05) is 13.0 Å². The molecule has 1 amide bonds. The number of thioether (sulfide) groups is 1. The van der Waals surface area contributed by atoms with E-state index in [0.29, 0.717) is 0 Å². The molecule has 0 aliphatic rings. The van der Waals surface area contributed by atoms with Gasteiger partial charge in [0.25, 0.3) is 5.91 Å². The van der Waals surface area contributed by atoms with E-state index in [1.54, 1.807) is 24.2 Å². The third kappa shape index (κ3) is 3.22. The molecule has 20 heavy (non-hydrogen) atoms. The van der Waals surface area contributed by atoms with Gasteiger partial charge >= 0.3 is 0 Å². The standard InChI is InChI=1S/C15H19N3OS/c1-4-13(14-16-7-8-17-14)18-15(19)12-9-11(20-3)6-5-10(12)2/h5-9,13H,4H2,1-3H3,(H,16,17)(H,18,19)/t13-/m1/s1. The van der Waals surface area contributed by atoms with Crippen LogP contribution in [-0.4, -0.2) is 22.1 Å². The molecule has 2 N–H and O–H groups in total. The van der Waals surface area contributed by atoms with Gasteiger partial charge in [-0.2, -0.15) is 0 Å². The Morgan fingerprint density at radius 1 is 1.50 bits per heavy atom. The highest BCUT2D eigenvalue weighted by molar-refractivity contribution is 7.98. The van der Waals surface area contributed by atoms with E-state index >= 15 is 0 Å². The van der Waals surface area contributed by atoms with E-state index in [9.17, 15) is 4.79 Å². The van der Waals surface area contributed by atoms with Crippen LogP contribution < -0.4 is 5.32 Å². The molecular weight excluding hydrogens is 270 g/mol. The van der Waals surface area contributed by atoms with E-state index < -0.39 is 0 Å². The zero-order valence-corrected chi connectivity index (χ0v) is 12.8. The van der Waals surface area contributed by atoms with E-state index in [0.717, 1.165) is 28.3 Å². The largest absolute Gasteiger partial charge is 0.347 e. The molecule has 2 aromatic rings. The number of hydrogen-bond donors (Lipinski definition) is 2. The first-order chi connectivity index (χ1) is 9.65. The highest BCUT2D eigenvalue weighted by Gasteiger charge is 2.17. The molecule has 1 aromatic carbocycles. The number of amides is 1. The van der Waals surface area contributed by atoms with Crippen LogP contribution in [0.4, 0.5) is 0 Å². The lowest BCUT2D eigenvalue weighted by molar-refractivity contribution is 0.0933. The molecule has 0 aliphatic heterocycles. The molecule has 1 aromatic heterocycles. The summed E-state index contributed by atoms with van der Waals surface area (Å²) in [7, 11) is 0. The van der Waals surface area contributed by atoms with Crippen LogP contribution in [-0.2, 0) is 0 Å². The number of aryl methyl sites for hydroxylation is 1. The lowest BCUT2D eigenvalue weighted by Gasteiger charge is -2.16. The predicted octanol–water partition coefficient (Wildman–Crippen LogP) is 3.32. The number of aromatic amines is 1. The van der Waals surface area contributed by atoms with Gasteiger partial charge in [-0.15, -0.1) is 11.8 Å². The van der Waals surface area contributed by atoms with Crippen molar-refractivity contribution in [3.8, 4) is 0 Å². The molecule has 2 rings (SSSR count). The average molecular weight is 289 g/mol. The van der Waals surface area contributed by atoms with Gasteiger partial charge in [0.1, 0.15) is 5.82 Å². The van der Waals surface area contributed by atoms with E-state index in [4.69, 9.17) is 0 Å². The van der Waals surface area contributed by atoms with Crippen molar-refractivity contribution in [3.05, 3.63) is 47.5 Å². The summed E-state index contributed by atoms with van der Waals surface area (Å²) in [4.78, 5) is 20.8. The van der Waals surface area contributed by atoms with Crippen molar-refractivity contribution in [3.63, 3.8) is 0 Å². The minimum absolute atomic E-state index is 0.0540. The number of carbonyl (C=O) groups excluding carboxylic acids is 1. The van der Waals surface area contributed by atoms with E-state index in [2.05, 4.69) is 15.3 Å². The quantitative estimate of drug-likeness (QED) is 0.830.